The minimum absolute atomic E-state index is 0.162. The molecule has 118 valence electrons. The summed E-state index contributed by atoms with van der Waals surface area (Å²) in [5.74, 6) is 1.46. The first-order valence-corrected chi connectivity index (χ1v) is 8.80. The predicted molar refractivity (Wildman–Crippen MR) is 93.4 cm³/mol. The number of rotatable bonds is 5. The molecule has 1 unspecified atom stereocenters. The van der Waals surface area contributed by atoms with Crippen LogP contribution in [0.25, 0.3) is 0 Å². The Balaban J connectivity index is 2.09. The van der Waals surface area contributed by atoms with Crippen molar-refractivity contribution in [3.05, 3.63) is 33.8 Å². The molecule has 0 radical (unpaired) electrons. The van der Waals surface area contributed by atoms with E-state index in [1.54, 1.807) is 0 Å². The molecule has 1 aromatic rings. The summed E-state index contributed by atoms with van der Waals surface area (Å²) in [6.45, 7) is 7.73. The van der Waals surface area contributed by atoms with Gasteiger partial charge in [0.2, 0.25) is 0 Å². The molecule has 1 N–H and O–H groups in total. The van der Waals surface area contributed by atoms with Crippen LogP contribution in [0.4, 0.5) is 0 Å². The van der Waals surface area contributed by atoms with Crippen LogP contribution < -0.4 is 5.32 Å². The zero-order valence-electron chi connectivity index (χ0n) is 13.4. The van der Waals surface area contributed by atoms with Crippen molar-refractivity contribution in [1.29, 1.82) is 0 Å². The minimum atomic E-state index is 0.162. The van der Waals surface area contributed by atoms with E-state index in [1.165, 1.54) is 31.2 Å². The van der Waals surface area contributed by atoms with Gasteiger partial charge in [-0.05, 0) is 57.2 Å². The molecule has 0 heterocycles. The predicted octanol–water partition coefficient (Wildman–Crippen LogP) is 5.73. The van der Waals surface area contributed by atoms with Crippen LogP contribution in [0.5, 0.6) is 0 Å². The van der Waals surface area contributed by atoms with Gasteiger partial charge in [-0.2, -0.15) is 0 Å². The highest BCUT2D eigenvalue weighted by Gasteiger charge is 2.27. The van der Waals surface area contributed by atoms with Crippen LogP contribution in [0.2, 0.25) is 10.0 Å². The molecule has 2 rings (SSSR count). The largest absolute Gasteiger partial charge is 0.312 e. The van der Waals surface area contributed by atoms with E-state index in [-0.39, 0.29) is 5.54 Å². The maximum Gasteiger partial charge on any atom is 0.0624 e. The van der Waals surface area contributed by atoms with Gasteiger partial charge in [-0.3, -0.25) is 0 Å². The van der Waals surface area contributed by atoms with Crippen LogP contribution in [0.15, 0.2) is 18.2 Å². The highest BCUT2D eigenvalue weighted by Crippen LogP contribution is 2.35. The van der Waals surface area contributed by atoms with Gasteiger partial charge in [0.1, 0.15) is 0 Å². The summed E-state index contributed by atoms with van der Waals surface area (Å²) < 4.78 is 0. The average molecular weight is 328 g/mol. The van der Waals surface area contributed by atoms with Crippen LogP contribution in [0.3, 0.4) is 0 Å². The van der Waals surface area contributed by atoms with E-state index in [0.717, 1.165) is 23.9 Å². The van der Waals surface area contributed by atoms with E-state index < -0.39 is 0 Å². The fourth-order valence-corrected chi connectivity index (χ4v) is 3.66. The first-order chi connectivity index (χ1) is 9.87. The van der Waals surface area contributed by atoms with Gasteiger partial charge in [-0.1, -0.05) is 61.0 Å². The smallest absolute Gasteiger partial charge is 0.0624 e. The number of hydrogen-bond acceptors (Lipinski definition) is 1. The molecule has 3 heteroatoms. The number of halogens is 2. The highest BCUT2D eigenvalue weighted by molar-refractivity contribution is 6.42. The SMILES string of the molecule is CC(C)(C)NCC(Cc1cccc(Cl)c1Cl)C1CCCC1. The Labute approximate surface area is 139 Å². The normalized spacial score (nSPS) is 18.1. The molecular weight excluding hydrogens is 301 g/mol. The molecule has 1 aromatic carbocycles. The van der Waals surface area contributed by atoms with Gasteiger partial charge in [0.15, 0.2) is 0 Å². The summed E-state index contributed by atoms with van der Waals surface area (Å²) in [7, 11) is 0. The Morgan fingerprint density at radius 2 is 1.86 bits per heavy atom. The van der Waals surface area contributed by atoms with Gasteiger partial charge in [-0.15, -0.1) is 0 Å². The second kappa shape index (κ2) is 7.35. The molecule has 1 fully saturated rings. The summed E-state index contributed by atoms with van der Waals surface area (Å²) in [4.78, 5) is 0. The fraction of sp³-hybridized carbons (Fsp3) is 0.667. The van der Waals surface area contributed by atoms with E-state index in [2.05, 4.69) is 32.2 Å². The number of benzene rings is 1. The van der Waals surface area contributed by atoms with E-state index in [4.69, 9.17) is 23.2 Å². The lowest BCUT2D eigenvalue weighted by molar-refractivity contribution is 0.286. The van der Waals surface area contributed by atoms with E-state index >= 15 is 0 Å². The fourth-order valence-electron chi connectivity index (χ4n) is 3.26. The molecule has 1 atom stereocenters. The summed E-state index contributed by atoms with van der Waals surface area (Å²) in [6.07, 6.45) is 6.48. The Morgan fingerprint density at radius 1 is 1.19 bits per heavy atom. The van der Waals surface area contributed by atoms with Crippen molar-refractivity contribution in [3.63, 3.8) is 0 Å². The molecule has 21 heavy (non-hydrogen) atoms. The molecule has 1 saturated carbocycles. The van der Waals surface area contributed by atoms with Gasteiger partial charge in [0.05, 0.1) is 10.0 Å². The van der Waals surface area contributed by atoms with Gasteiger partial charge in [0.25, 0.3) is 0 Å². The molecule has 0 bridgehead atoms. The standard InChI is InChI=1S/C18H27Cl2N/c1-18(2,3)21-12-15(13-7-4-5-8-13)11-14-9-6-10-16(19)17(14)20/h6,9-10,13,15,21H,4-5,7-8,11-12H2,1-3H3. The molecule has 0 aromatic heterocycles. The molecule has 0 aliphatic heterocycles. The monoisotopic (exact) mass is 327 g/mol. The van der Waals surface area contributed by atoms with Crippen LogP contribution in [-0.2, 0) is 6.42 Å². The summed E-state index contributed by atoms with van der Waals surface area (Å²) >= 11 is 12.5. The maximum absolute atomic E-state index is 6.38. The number of nitrogens with one attached hydrogen (secondary N) is 1. The van der Waals surface area contributed by atoms with Crippen molar-refractivity contribution >= 4 is 23.2 Å². The third-order valence-corrected chi connectivity index (χ3v) is 5.33. The van der Waals surface area contributed by atoms with E-state index in [1.807, 2.05) is 12.1 Å². The molecule has 0 spiro atoms. The lowest BCUT2D eigenvalue weighted by Crippen LogP contribution is -2.41. The number of hydrogen-bond donors (Lipinski definition) is 1. The molecule has 0 saturated heterocycles. The zero-order valence-corrected chi connectivity index (χ0v) is 14.9. The van der Waals surface area contributed by atoms with Gasteiger partial charge >= 0.3 is 0 Å². The molecule has 1 aliphatic rings. The second-order valence-electron chi connectivity index (χ2n) is 7.35. The van der Waals surface area contributed by atoms with Crippen molar-refractivity contribution < 1.29 is 0 Å². The highest BCUT2D eigenvalue weighted by atomic mass is 35.5. The molecular formula is C18H27Cl2N. The van der Waals surface area contributed by atoms with Crippen LogP contribution in [0, 0.1) is 11.8 Å². The van der Waals surface area contributed by atoms with Crippen molar-refractivity contribution in [2.75, 3.05) is 6.54 Å². The molecule has 1 aliphatic carbocycles. The Morgan fingerprint density at radius 3 is 2.48 bits per heavy atom. The first-order valence-electron chi connectivity index (χ1n) is 8.05. The Bertz CT molecular complexity index is 459. The third kappa shape index (κ3) is 5.16. The molecule has 0 amide bonds. The minimum Gasteiger partial charge on any atom is -0.312 e. The summed E-state index contributed by atoms with van der Waals surface area (Å²) in [5, 5.41) is 5.08. The van der Waals surface area contributed by atoms with Crippen LogP contribution in [-0.4, -0.2) is 12.1 Å². The van der Waals surface area contributed by atoms with Crippen molar-refractivity contribution in [2.45, 2.75) is 58.4 Å². The van der Waals surface area contributed by atoms with Gasteiger partial charge in [0, 0.05) is 5.54 Å². The first kappa shape index (κ1) is 17.1. The second-order valence-corrected chi connectivity index (χ2v) is 8.14. The maximum atomic E-state index is 6.38. The van der Waals surface area contributed by atoms with Gasteiger partial charge < -0.3 is 5.32 Å². The summed E-state index contributed by atoms with van der Waals surface area (Å²) in [6, 6.07) is 5.99. The third-order valence-electron chi connectivity index (χ3n) is 4.47. The lowest BCUT2D eigenvalue weighted by atomic mass is 9.85. The Kier molecular flexibility index (Phi) is 5.99. The average Bonchev–Trinajstić information content (AvgIpc) is 2.92. The van der Waals surface area contributed by atoms with Crippen molar-refractivity contribution in [2.24, 2.45) is 11.8 Å². The van der Waals surface area contributed by atoms with Crippen molar-refractivity contribution in [3.8, 4) is 0 Å². The quantitative estimate of drug-likeness (QED) is 0.728. The zero-order chi connectivity index (χ0) is 15.5. The van der Waals surface area contributed by atoms with Crippen molar-refractivity contribution in [1.82, 2.24) is 5.32 Å². The lowest BCUT2D eigenvalue weighted by Gasteiger charge is -2.29. The van der Waals surface area contributed by atoms with Crippen LogP contribution >= 0.6 is 23.2 Å². The van der Waals surface area contributed by atoms with E-state index in [9.17, 15) is 0 Å². The summed E-state index contributed by atoms with van der Waals surface area (Å²) in [5.41, 5.74) is 1.35. The Hall–Kier alpha value is -0.240. The molecule has 1 nitrogen and oxygen atoms in total. The topological polar surface area (TPSA) is 12.0 Å². The van der Waals surface area contributed by atoms with E-state index in [0.29, 0.717) is 10.9 Å². The van der Waals surface area contributed by atoms with Crippen LogP contribution in [0.1, 0.15) is 52.0 Å². The van der Waals surface area contributed by atoms with Gasteiger partial charge in [-0.25, -0.2) is 0 Å².